The number of hydrogen-bond acceptors (Lipinski definition) is 6. The lowest BCUT2D eigenvalue weighted by atomic mass is 9.94. The van der Waals surface area contributed by atoms with Gasteiger partial charge in [0.05, 0.1) is 17.5 Å². The molecular weight excluding hydrogens is 336 g/mol. The fourth-order valence-electron chi connectivity index (χ4n) is 3.25. The van der Waals surface area contributed by atoms with Crippen molar-refractivity contribution in [3.63, 3.8) is 0 Å². The molecule has 1 unspecified atom stereocenters. The molecule has 2 aliphatic rings. The van der Waals surface area contributed by atoms with Crippen LogP contribution in [0.3, 0.4) is 0 Å². The first-order valence-electron chi connectivity index (χ1n) is 9.03. The summed E-state index contributed by atoms with van der Waals surface area (Å²) < 4.78 is 6.41. The fraction of sp³-hybridized carbons (Fsp3) is 0.647. The zero-order chi connectivity index (χ0) is 17.4. The first-order chi connectivity index (χ1) is 12.1. The van der Waals surface area contributed by atoms with Crippen molar-refractivity contribution < 1.29 is 4.79 Å². The van der Waals surface area contributed by atoms with Crippen molar-refractivity contribution in [2.75, 3.05) is 11.9 Å². The van der Waals surface area contributed by atoms with Crippen LogP contribution in [0.2, 0.25) is 0 Å². The number of carbonyl (C=O) groups is 1. The third-order valence-corrected chi connectivity index (χ3v) is 5.46. The Kier molecular flexibility index (Phi) is 4.45. The maximum absolute atomic E-state index is 12.3. The summed E-state index contributed by atoms with van der Waals surface area (Å²) in [5.41, 5.74) is 1.76. The standard InChI is InChI=1S/C17H24N6OS/c1-10(2)20-16(24)13-9-19-23-6-5-11(7-14(13)23)8-18-17-21-15(22-25-17)12-3-4-12/h9-12H,3-8H2,1-2H3,(H,20,24)(H,18,21,22). The minimum absolute atomic E-state index is 0.0249. The normalized spacial score (nSPS) is 19.7. The molecule has 134 valence electrons. The topological polar surface area (TPSA) is 84.7 Å². The third-order valence-electron chi connectivity index (χ3n) is 4.77. The van der Waals surface area contributed by atoms with Gasteiger partial charge in [0.15, 0.2) is 0 Å². The molecule has 2 N–H and O–H groups in total. The van der Waals surface area contributed by atoms with E-state index in [2.05, 4.69) is 25.1 Å². The van der Waals surface area contributed by atoms with Crippen LogP contribution in [0.15, 0.2) is 6.20 Å². The van der Waals surface area contributed by atoms with Gasteiger partial charge in [-0.15, -0.1) is 0 Å². The predicted molar refractivity (Wildman–Crippen MR) is 97.0 cm³/mol. The highest BCUT2D eigenvalue weighted by Gasteiger charge is 2.28. The van der Waals surface area contributed by atoms with Crippen LogP contribution in [0, 0.1) is 5.92 Å². The number of anilines is 1. The Bertz CT molecular complexity index is 763. The highest BCUT2D eigenvalue weighted by atomic mass is 32.1. The van der Waals surface area contributed by atoms with E-state index >= 15 is 0 Å². The van der Waals surface area contributed by atoms with Gasteiger partial charge < -0.3 is 10.6 Å². The molecule has 2 aromatic heterocycles. The molecule has 1 atom stereocenters. The Balaban J connectivity index is 1.38. The Morgan fingerprint density at radius 2 is 2.24 bits per heavy atom. The SMILES string of the molecule is CC(C)NC(=O)c1cnn2c1CC(CNc1nc(C3CC3)ns1)CC2. The van der Waals surface area contributed by atoms with Crippen LogP contribution in [0.1, 0.15) is 60.9 Å². The van der Waals surface area contributed by atoms with Gasteiger partial charge in [-0.3, -0.25) is 9.48 Å². The van der Waals surface area contributed by atoms with Crippen LogP contribution < -0.4 is 10.6 Å². The highest BCUT2D eigenvalue weighted by Crippen LogP contribution is 2.39. The van der Waals surface area contributed by atoms with Gasteiger partial charge in [-0.25, -0.2) is 4.98 Å². The van der Waals surface area contributed by atoms with Gasteiger partial charge in [0.1, 0.15) is 5.82 Å². The first kappa shape index (κ1) is 16.5. The molecule has 7 nitrogen and oxygen atoms in total. The van der Waals surface area contributed by atoms with Gasteiger partial charge in [-0.2, -0.15) is 9.47 Å². The number of hydrogen-bond donors (Lipinski definition) is 2. The smallest absolute Gasteiger partial charge is 0.254 e. The number of rotatable bonds is 6. The molecule has 8 heteroatoms. The van der Waals surface area contributed by atoms with E-state index in [1.807, 2.05) is 18.5 Å². The van der Waals surface area contributed by atoms with Gasteiger partial charge >= 0.3 is 0 Å². The van der Waals surface area contributed by atoms with E-state index in [4.69, 9.17) is 0 Å². The second-order valence-corrected chi connectivity index (χ2v) is 8.08. The van der Waals surface area contributed by atoms with Crippen molar-refractivity contribution in [3.05, 3.63) is 23.3 Å². The van der Waals surface area contributed by atoms with Crippen molar-refractivity contribution in [2.24, 2.45) is 5.92 Å². The van der Waals surface area contributed by atoms with Crippen LogP contribution in [-0.4, -0.2) is 37.6 Å². The minimum Gasteiger partial charge on any atom is -0.360 e. The number of aryl methyl sites for hydroxylation is 1. The number of fused-ring (bicyclic) bond motifs is 1. The van der Waals surface area contributed by atoms with Gasteiger partial charge in [-0.05, 0) is 45.4 Å². The number of amides is 1. The number of nitrogens with zero attached hydrogens (tertiary/aromatic N) is 4. The molecule has 1 amide bonds. The summed E-state index contributed by atoms with van der Waals surface area (Å²) in [4.78, 5) is 16.9. The summed E-state index contributed by atoms with van der Waals surface area (Å²) in [6.45, 7) is 5.66. The number of aromatic nitrogens is 4. The van der Waals surface area contributed by atoms with Gasteiger partial charge in [0, 0.05) is 36.6 Å². The molecule has 25 heavy (non-hydrogen) atoms. The fourth-order valence-corrected chi connectivity index (χ4v) is 3.90. The van der Waals surface area contributed by atoms with Gasteiger partial charge in [0.2, 0.25) is 5.13 Å². The van der Waals surface area contributed by atoms with E-state index in [1.54, 1.807) is 6.20 Å². The summed E-state index contributed by atoms with van der Waals surface area (Å²) >= 11 is 1.45. The first-order valence-corrected chi connectivity index (χ1v) is 9.80. The van der Waals surface area contributed by atoms with E-state index in [0.717, 1.165) is 42.6 Å². The molecule has 2 aromatic rings. The third kappa shape index (κ3) is 3.68. The Labute approximate surface area is 151 Å². The molecule has 0 aromatic carbocycles. The van der Waals surface area contributed by atoms with Crippen molar-refractivity contribution in [1.82, 2.24) is 24.5 Å². The second kappa shape index (κ2) is 6.74. The highest BCUT2D eigenvalue weighted by molar-refractivity contribution is 7.09. The molecule has 1 aliphatic heterocycles. The van der Waals surface area contributed by atoms with E-state index in [1.165, 1.54) is 24.4 Å². The summed E-state index contributed by atoms with van der Waals surface area (Å²) in [5, 5.41) is 11.7. The van der Waals surface area contributed by atoms with Crippen molar-refractivity contribution >= 4 is 22.6 Å². The summed E-state index contributed by atoms with van der Waals surface area (Å²) in [6, 6.07) is 0.127. The summed E-state index contributed by atoms with van der Waals surface area (Å²) in [7, 11) is 0. The lowest BCUT2D eigenvalue weighted by Crippen LogP contribution is -2.32. The number of nitrogens with one attached hydrogen (secondary N) is 2. The molecule has 4 rings (SSSR count). The molecule has 0 spiro atoms. The maximum Gasteiger partial charge on any atom is 0.254 e. The average Bonchev–Trinajstić information content (AvgIpc) is 3.17. The van der Waals surface area contributed by atoms with E-state index in [0.29, 0.717) is 17.4 Å². The molecule has 3 heterocycles. The molecule has 1 saturated carbocycles. The Morgan fingerprint density at radius 3 is 3.00 bits per heavy atom. The molecule has 0 saturated heterocycles. The van der Waals surface area contributed by atoms with E-state index in [9.17, 15) is 4.79 Å². The van der Waals surface area contributed by atoms with Crippen LogP contribution in [0.5, 0.6) is 0 Å². The lowest BCUT2D eigenvalue weighted by molar-refractivity contribution is 0.0941. The predicted octanol–water partition coefficient (Wildman–Crippen LogP) is 2.42. The maximum atomic E-state index is 12.3. The number of carbonyl (C=O) groups excluding carboxylic acids is 1. The zero-order valence-corrected chi connectivity index (χ0v) is 15.5. The quantitative estimate of drug-likeness (QED) is 0.826. The van der Waals surface area contributed by atoms with Crippen molar-refractivity contribution in [2.45, 2.75) is 58.0 Å². The molecule has 1 fully saturated rings. The molecule has 0 radical (unpaired) electrons. The van der Waals surface area contributed by atoms with Crippen LogP contribution >= 0.6 is 11.5 Å². The Morgan fingerprint density at radius 1 is 1.40 bits per heavy atom. The molecular formula is C17H24N6OS. The molecule has 1 aliphatic carbocycles. The zero-order valence-electron chi connectivity index (χ0n) is 14.7. The average molecular weight is 360 g/mol. The lowest BCUT2D eigenvalue weighted by Gasteiger charge is -2.24. The van der Waals surface area contributed by atoms with Gasteiger partial charge in [-0.1, -0.05) is 0 Å². The van der Waals surface area contributed by atoms with Crippen LogP contribution in [0.25, 0.3) is 0 Å². The minimum atomic E-state index is -0.0249. The Hall–Kier alpha value is -1.96. The van der Waals surface area contributed by atoms with Crippen LogP contribution in [-0.2, 0) is 13.0 Å². The van der Waals surface area contributed by atoms with Gasteiger partial charge in [0.25, 0.3) is 5.91 Å². The summed E-state index contributed by atoms with van der Waals surface area (Å²) in [6.07, 6.45) is 6.08. The van der Waals surface area contributed by atoms with E-state index < -0.39 is 0 Å². The largest absolute Gasteiger partial charge is 0.360 e. The monoisotopic (exact) mass is 360 g/mol. The summed E-state index contributed by atoms with van der Waals surface area (Å²) in [5.74, 6) is 2.05. The van der Waals surface area contributed by atoms with Crippen LogP contribution in [0.4, 0.5) is 5.13 Å². The molecule has 0 bridgehead atoms. The van der Waals surface area contributed by atoms with E-state index in [-0.39, 0.29) is 11.9 Å². The second-order valence-electron chi connectivity index (χ2n) is 7.33. The van der Waals surface area contributed by atoms with Crippen molar-refractivity contribution in [1.29, 1.82) is 0 Å². The van der Waals surface area contributed by atoms with Crippen molar-refractivity contribution in [3.8, 4) is 0 Å².